The summed E-state index contributed by atoms with van der Waals surface area (Å²) < 4.78 is 13.9. The van der Waals surface area contributed by atoms with Gasteiger partial charge in [0.05, 0.1) is 9.86 Å². The lowest BCUT2D eigenvalue weighted by molar-refractivity contribution is 0.0979. The Hall–Kier alpha value is -1.51. The van der Waals surface area contributed by atoms with Crippen LogP contribution in [-0.2, 0) is 0 Å². The van der Waals surface area contributed by atoms with E-state index < -0.39 is 11.7 Å². The molecule has 2 aromatic rings. The summed E-state index contributed by atoms with van der Waals surface area (Å²) in [4.78, 5) is 12.1. The van der Waals surface area contributed by atoms with Gasteiger partial charge in [0.15, 0.2) is 5.78 Å². The van der Waals surface area contributed by atoms with Crippen LogP contribution in [0.5, 0.6) is 0 Å². The van der Waals surface area contributed by atoms with Gasteiger partial charge in [-0.2, -0.15) is 5.26 Å². The highest BCUT2D eigenvalue weighted by atomic mass is 79.9. The van der Waals surface area contributed by atoms with E-state index in [2.05, 4.69) is 15.9 Å². The fourth-order valence-corrected chi connectivity index (χ4v) is 2.72. The normalized spacial score (nSPS) is 11.8. The molecule has 1 aromatic heterocycles. The molecule has 0 amide bonds. The van der Waals surface area contributed by atoms with Crippen LogP contribution in [0.2, 0.25) is 0 Å². The van der Waals surface area contributed by atoms with E-state index in [0.717, 1.165) is 3.79 Å². The van der Waals surface area contributed by atoms with E-state index in [9.17, 15) is 9.18 Å². The van der Waals surface area contributed by atoms with Crippen molar-refractivity contribution in [2.24, 2.45) is 0 Å². The molecular weight excluding hydrogens is 317 g/mol. The van der Waals surface area contributed by atoms with E-state index in [1.165, 1.54) is 29.5 Å². The molecule has 18 heavy (non-hydrogen) atoms. The second-order valence-corrected chi connectivity index (χ2v) is 5.91. The fraction of sp³-hybridized carbons (Fsp3) is 0.0769. The van der Waals surface area contributed by atoms with Crippen LogP contribution in [0.3, 0.4) is 0 Å². The molecule has 0 spiro atoms. The maximum Gasteiger partial charge on any atom is 0.185 e. The topological polar surface area (TPSA) is 40.9 Å². The Kier molecular flexibility index (Phi) is 3.90. The van der Waals surface area contributed by atoms with Crippen molar-refractivity contribution in [3.8, 4) is 6.07 Å². The largest absolute Gasteiger partial charge is 0.292 e. The molecule has 0 saturated carbocycles. The van der Waals surface area contributed by atoms with Crippen LogP contribution in [0.4, 0.5) is 4.39 Å². The molecule has 0 radical (unpaired) electrons. The molecule has 0 N–H and O–H groups in total. The highest BCUT2D eigenvalue weighted by Crippen LogP contribution is 2.26. The molecule has 1 aromatic carbocycles. The van der Waals surface area contributed by atoms with Crippen LogP contribution >= 0.6 is 27.3 Å². The minimum Gasteiger partial charge on any atom is -0.292 e. The van der Waals surface area contributed by atoms with Crippen LogP contribution in [0.15, 0.2) is 39.5 Å². The summed E-state index contributed by atoms with van der Waals surface area (Å²) in [6.07, 6.45) is 0. The van der Waals surface area contributed by atoms with Crippen LogP contribution in [0.25, 0.3) is 0 Å². The second-order valence-electron chi connectivity index (χ2n) is 3.62. The van der Waals surface area contributed by atoms with Crippen molar-refractivity contribution < 1.29 is 9.18 Å². The van der Waals surface area contributed by atoms with E-state index >= 15 is 0 Å². The lowest BCUT2D eigenvalue weighted by atomic mass is 9.93. The molecule has 0 saturated heterocycles. The van der Waals surface area contributed by atoms with Gasteiger partial charge in [-0.1, -0.05) is 12.1 Å². The third kappa shape index (κ3) is 2.66. The molecular formula is C13H7BrFNOS. The summed E-state index contributed by atoms with van der Waals surface area (Å²) in [5, 5.41) is 10.8. The lowest BCUT2D eigenvalue weighted by Gasteiger charge is -2.07. The van der Waals surface area contributed by atoms with Gasteiger partial charge in [0, 0.05) is 10.9 Å². The van der Waals surface area contributed by atoms with Crippen molar-refractivity contribution in [2.75, 3.05) is 0 Å². The number of rotatable bonds is 3. The average Bonchev–Trinajstić information content (AvgIpc) is 2.77. The highest BCUT2D eigenvalue weighted by Gasteiger charge is 2.22. The predicted molar refractivity (Wildman–Crippen MR) is 71.1 cm³/mol. The lowest BCUT2D eigenvalue weighted by Crippen LogP contribution is -2.10. The highest BCUT2D eigenvalue weighted by molar-refractivity contribution is 9.11. The first-order valence-electron chi connectivity index (χ1n) is 5.05. The molecule has 5 heteroatoms. The molecule has 1 unspecified atom stereocenters. The number of Topliss-reactive ketones (excluding diaryl/α,β-unsaturated/α-hetero) is 1. The third-order valence-corrected chi connectivity index (χ3v) is 3.93. The molecule has 0 fully saturated rings. The zero-order chi connectivity index (χ0) is 13.1. The Morgan fingerprint density at radius 2 is 2.22 bits per heavy atom. The standard InChI is InChI=1S/C13H7BrFNOS/c14-12-5-9(7-18-12)13(17)11(6-16)8-2-1-3-10(15)4-8/h1-5,7,11H. The fourth-order valence-electron chi connectivity index (χ4n) is 1.58. The van der Waals surface area contributed by atoms with Gasteiger partial charge in [-0.15, -0.1) is 11.3 Å². The van der Waals surface area contributed by atoms with Crippen molar-refractivity contribution in [2.45, 2.75) is 5.92 Å². The van der Waals surface area contributed by atoms with Crippen molar-refractivity contribution in [1.29, 1.82) is 5.26 Å². The molecule has 0 aliphatic heterocycles. The Morgan fingerprint density at radius 3 is 2.78 bits per heavy atom. The molecule has 2 nitrogen and oxygen atoms in total. The molecule has 2 rings (SSSR count). The maximum atomic E-state index is 13.1. The number of carbonyl (C=O) groups is 1. The number of nitriles is 1. The van der Waals surface area contributed by atoms with E-state index in [4.69, 9.17) is 5.26 Å². The van der Waals surface area contributed by atoms with Crippen molar-refractivity contribution in [3.63, 3.8) is 0 Å². The first-order valence-corrected chi connectivity index (χ1v) is 6.72. The van der Waals surface area contributed by atoms with Crippen LogP contribution in [-0.4, -0.2) is 5.78 Å². The second kappa shape index (κ2) is 5.42. The average molecular weight is 324 g/mol. The summed E-state index contributed by atoms with van der Waals surface area (Å²) in [5.74, 6) is -1.74. The number of hydrogen-bond acceptors (Lipinski definition) is 3. The molecule has 0 aliphatic rings. The summed E-state index contributed by atoms with van der Waals surface area (Å²) in [7, 11) is 0. The summed E-state index contributed by atoms with van der Waals surface area (Å²) in [5.41, 5.74) is 0.840. The zero-order valence-electron chi connectivity index (χ0n) is 9.06. The number of benzene rings is 1. The van der Waals surface area contributed by atoms with E-state index in [0.29, 0.717) is 11.1 Å². The summed E-state index contributed by atoms with van der Waals surface area (Å²) in [6, 6.07) is 9.16. The Morgan fingerprint density at radius 1 is 1.44 bits per heavy atom. The monoisotopic (exact) mass is 323 g/mol. The van der Waals surface area contributed by atoms with Crippen LogP contribution in [0, 0.1) is 17.1 Å². The van der Waals surface area contributed by atoms with Gasteiger partial charge in [0.25, 0.3) is 0 Å². The third-order valence-electron chi connectivity index (χ3n) is 2.43. The minimum atomic E-state index is -0.970. The van der Waals surface area contributed by atoms with Crippen LogP contribution in [0.1, 0.15) is 21.8 Å². The van der Waals surface area contributed by atoms with Gasteiger partial charge in [-0.05, 0) is 39.7 Å². The van der Waals surface area contributed by atoms with Gasteiger partial charge in [0.2, 0.25) is 0 Å². The predicted octanol–water partition coefficient (Wildman–Crippen LogP) is 4.14. The van der Waals surface area contributed by atoms with Gasteiger partial charge in [0.1, 0.15) is 11.7 Å². The van der Waals surface area contributed by atoms with E-state index in [-0.39, 0.29) is 5.78 Å². The van der Waals surface area contributed by atoms with E-state index in [1.54, 1.807) is 17.5 Å². The number of nitrogens with zero attached hydrogens (tertiary/aromatic N) is 1. The molecule has 0 bridgehead atoms. The van der Waals surface area contributed by atoms with Gasteiger partial charge in [-0.25, -0.2) is 4.39 Å². The van der Waals surface area contributed by atoms with Gasteiger partial charge in [-0.3, -0.25) is 4.79 Å². The molecule has 1 heterocycles. The van der Waals surface area contributed by atoms with Crippen molar-refractivity contribution in [3.05, 3.63) is 56.4 Å². The van der Waals surface area contributed by atoms with Gasteiger partial charge < -0.3 is 0 Å². The molecule has 0 aliphatic carbocycles. The van der Waals surface area contributed by atoms with Crippen molar-refractivity contribution >= 4 is 33.0 Å². The quantitative estimate of drug-likeness (QED) is 0.796. The molecule has 1 atom stereocenters. The summed E-state index contributed by atoms with van der Waals surface area (Å²) in [6.45, 7) is 0. The Balaban J connectivity index is 2.35. The zero-order valence-corrected chi connectivity index (χ0v) is 11.5. The first kappa shape index (κ1) is 12.9. The first-order chi connectivity index (χ1) is 8.61. The SMILES string of the molecule is N#CC(C(=O)c1csc(Br)c1)c1cccc(F)c1. The summed E-state index contributed by atoms with van der Waals surface area (Å²) >= 11 is 4.63. The molecule has 90 valence electrons. The number of halogens is 2. The number of ketones is 1. The van der Waals surface area contributed by atoms with E-state index in [1.807, 2.05) is 6.07 Å². The van der Waals surface area contributed by atoms with Crippen molar-refractivity contribution in [1.82, 2.24) is 0 Å². The number of thiophene rings is 1. The smallest absolute Gasteiger partial charge is 0.185 e. The Labute approximate surface area is 116 Å². The maximum absolute atomic E-state index is 13.1. The minimum absolute atomic E-state index is 0.315. The number of hydrogen-bond donors (Lipinski definition) is 0. The number of carbonyl (C=O) groups excluding carboxylic acids is 1. The van der Waals surface area contributed by atoms with Crippen LogP contribution < -0.4 is 0 Å². The Bertz CT molecular complexity index is 632. The van der Waals surface area contributed by atoms with Gasteiger partial charge >= 0.3 is 0 Å².